The number of carboxylic acids is 1. The molecule has 0 aliphatic heterocycles. The lowest BCUT2D eigenvalue weighted by molar-refractivity contribution is -0.138. The third-order valence-corrected chi connectivity index (χ3v) is 3.02. The molecule has 0 radical (unpaired) electrons. The molecule has 5 nitrogen and oxygen atoms in total. The van der Waals surface area contributed by atoms with Crippen molar-refractivity contribution in [3.8, 4) is 0 Å². The van der Waals surface area contributed by atoms with Crippen LogP contribution in [0.3, 0.4) is 0 Å². The second-order valence-corrected chi connectivity index (χ2v) is 4.55. The fourth-order valence-corrected chi connectivity index (χ4v) is 1.59. The molecule has 0 spiro atoms. The van der Waals surface area contributed by atoms with Gasteiger partial charge in [-0.25, -0.2) is 4.79 Å². The van der Waals surface area contributed by atoms with Gasteiger partial charge in [0, 0.05) is 19.0 Å². The number of carbonyl (C=O) groups excluding carboxylic acids is 1. The predicted molar refractivity (Wildman–Crippen MR) is 60.1 cm³/mol. The van der Waals surface area contributed by atoms with Crippen LogP contribution >= 0.6 is 0 Å². The third-order valence-electron chi connectivity index (χ3n) is 3.02. The fourth-order valence-electron chi connectivity index (χ4n) is 1.59. The largest absolute Gasteiger partial charge is 0.481 e. The molecule has 1 fully saturated rings. The molecule has 2 amide bonds. The first-order valence-electron chi connectivity index (χ1n) is 5.79. The van der Waals surface area contributed by atoms with Crippen LogP contribution in [-0.2, 0) is 4.79 Å². The van der Waals surface area contributed by atoms with Crippen molar-refractivity contribution in [1.82, 2.24) is 10.6 Å². The molecule has 0 aromatic carbocycles. The van der Waals surface area contributed by atoms with Crippen LogP contribution < -0.4 is 10.6 Å². The minimum absolute atomic E-state index is 0.0138. The molecule has 92 valence electrons. The molecule has 0 heterocycles. The average molecular weight is 228 g/mol. The Labute approximate surface area is 95.6 Å². The van der Waals surface area contributed by atoms with E-state index in [2.05, 4.69) is 17.6 Å². The van der Waals surface area contributed by atoms with Crippen LogP contribution in [0.4, 0.5) is 4.79 Å². The van der Waals surface area contributed by atoms with Gasteiger partial charge in [-0.05, 0) is 18.3 Å². The van der Waals surface area contributed by atoms with Gasteiger partial charge in [-0.3, -0.25) is 4.79 Å². The molecule has 0 aromatic heterocycles. The number of hydrogen-bond donors (Lipinski definition) is 3. The van der Waals surface area contributed by atoms with E-state index in [0.29, 0.717) is 18.5 Å². The summed E-state index contributed by atoms with van der Waals surface area (Å²) >= 11 is 0. The molecular weight excluding hydrogens is 208 g/mol. The first-order valence-corrected chi connectivity index (χ1v) is 5.79. The number of urea groups is 1. The number of amides is 2. The smallest absolute Gasteiger partial charge is 0.315 e. The van der Waals surface area contributed by atoms with Crippen molar-refractivity contribution in [2.45, 2.75) is 39.2 Å². The average Bonchev–Trinajstić information content (AvgIpc) is 2.88. The summed E-state index contributed by atoms with van der Waals surface area (Å²) in [7, 11) is 0. The first kappa shape index (κ1) is 12.8. The zero-order valence-electron chi connectivity index (χ0n) is 9.82. The Bertz CT molecular complexity index is 268. The maximum Gasteiger partial charge on any atom is 0.315 e. The monoisotopic (exact) mass is 228 g/mol. The van der Waals surface area contributed by atoms with E-state index in [-0.39, 0.29) is 18.4 Å². The number of hydrogen-bond acceptors (Lipinski definition) is 2. The van der Waals surface area contributed by atoms with E-state index in [1.165, 1.54) is 0 Å². The number of carboxylic acid groups (broad SMARTS) is 1. The van der Waals surface area contributed by atoms with E-state index in [1.807, 2.05) is 6.92 Å². The molecule has 0 aromatic rings. The van der Waals surface area contributed by atoms with Gasteiger partial charge in [-0.15, -0.1) is 0 Å². The molecule has 1 saturated carbocycles. The normalized spacial score (nSPS) is 24.6. The van der Waals surface area contributed by atoms with Crippen molar-refractivity contribution < 1.29 is 14.7 Å². The van der Waals surface area contributed by atoms with Crippen LogP contribution in [0.5, 0.6) is 0 Å². The maximum absolute atomic E-state index is 11.4. The first-order chi connectivity index (χ1) is 7.52. The molecule has 1 aliphatic carbocycles. The summed E-state index contributed by atoms with van der Waals surface area (Å²) in [4.78, 5) is 21.9. The fraction of sp³-hybridized carbons (Fsp3) is 0.818. The summed E-state index contributed by atoms with van der Waals surface area (Å²) in [6.45, 7) is 4.44. The Morgan fingerprint density at radius 2 is 2.12 bits per heavy atom. The molecule has 1 aliphatic rings. The lowest BCUT2D eigenvalue weighted by atomic mass is 10.0. The van der Waals surface area contributed by atoms with Gasteiger partial charge >= 0.3 is 12.0 Å². The summed E-state index contributed by atoms with van der Waals surface area (Å²) in [5, 5.41) is 14.2. The summed E-state index contributed by atoms with van der Waals surface area (Å²) in [5.41, 5.74) is 0. The summed E-state index contributed by atoms with van der Waals surface area (Å²) in [5.74, 6) is -0.225. The Hall–Kier alpha value is -1.26. The van der Waals surface area contributed by atoms with Crippen LogP contribution in [0, 0.1) is 11.8 Å². The van der Waals surface area contributed by atoms with Gasteiger partial charge in [0.1, 0.15) is 0 Å². The standard InChI is InChI=1S/C11H20N2O3/c1-3-8(5-10(14)15)6-12-11(16)13-9-4-7(9)2/h7-9H,3-6H2,1-2H3,(H,14,15)(H2,12,13,16). The van der Waals surface area contributed by atoms with E-state index in [1.54, 1.807) is 0 Å². The maximum atomic E-state index is 11.4. The van der Waals surface area contributed by atoms with Crippen LogP contribution in [0.25, 0.3) is 0 Å². The van der Waals surface area contributed by atoms with Crippen molar-refractivity contribution in [2.75, 3.05) is 6.54 Å². The molecule has 0 bridgehead atoms. The third kappa shape index (κ3) is 4.51. The lowest BCUT2D eigenvalue weighted by Crippen LogP contribution is -2.40. The molecular formula is C11H20N2O3. The zero-order valence-corrected chi connectivity index (χ0v) is 9.82. The summed E-state index contributed by atoms with van der Waals surface area (Å²) in [6.07, 6.45) is 1.91. The lowest BCUT2D eigenvalue weighted by Gasteiger charge is -2.13. The summed E-state index contributed by atoms with van der Waals surface area (Å²) in [6, 6.07) is 0.123. The van der Waals surface area contributed by atoms with Gasteiger partial charge in [-0.1, -0.05) is 20.3 Å². The minimum atomic E-state index is -0.815. The topological polar surface area (TPSA) is 78.4 Å². The highest BCUT2D eigenvalue weighted by atomic mass is 16.4. The van der Waals surface area contributed by atoms with Crippen molar-refractivity contribution in [3.05, 3.63) is 0 Å². The molecule has 5 heteroatoms. The van der Waals surface area contributed by atoms with E-state index < -0.39 is 5.97 Å². The van der Waals surface area contributed by atoms with Gasteiger partial charge in [0.2, 0.25) is 0 Å². The highest BCUT2D eigenvalue weighted by Gasteiger charge is 2.33. The Morgan fingerprint density at radius 1 is 1.50 bits per heavy atom. The van der Waals surface area contributed by atoms with E-state index in [0.717, 1.165) is 12.8 Å². The number of rotatable bonds is 6. The molecule has 3 N–H and O–H groups in total. The number of carbonyl (C=O) groups is 2. The van der Waals surface area contributed by atoms with Crippen LogP contribution in [0.15, 0.2) is 0 Å². The zero-order chi connectivity index (χ0) is 12.1. The van der Waals surface area contributed by atoms with Crippen molar-refractivity contribution in [2.24, 2.45) is 11.8 Å². The minimum Gasteiger partial charge on any atom is -0.481 e. The SMILES string of the molecule is CCC(CNC(=O)NC1CC1C)CC(=O)O. The highest BCUT2D eigenvalue weighted by molar-refractivity contribution is 5.74. The quantitative estimate of drug-likeness (QED) is 0.639. The van der Waals surface area contributed by atoms with Gasteiger partial charge in [-0.2, -0.15) is 0 Å². The van der Waals surface area contributed by atoms with Gasteiger partial charge in [0.25, 0.3) is 0 Å². The number of aliphatic carboxylic acids is 1. The highest BCUT2D eigenvalue weighted by Crippen LogP contribution is 2.28. The van der Waals surface area contributed by atoms with Crippen molar-refractivity contribution in [3.63, 3.8) is 0 Å². The van der Waals surface area contributed by atoms with Gasteiger partial charge in [0.15, 0.2) is 0 Å². The molecule has 3 unspecified atom stereocenters. The second-order valence-electron chi connectivity index (χ2n) is 4.55. The second kappa shape index (κ2) is 5.72. The van der Waals surface area contributed by atoms with Crippen molar-refractivity contribution in [1.29, 1.82) is 0 Å². The Balaban J connectivity index is 2.15. The number of nitrogens with one attached hydrogen (secondary N) is 2. The molecule has 0 saturated heterocycles. The molecule has 16 heavy (non-hydrogen) atoms. The van der Waals surface area contributed by atoms with Gasteiger partial charge < -0.3 is 15.7 Å². The Kier molecular flexibility index (Phi) is 4.58. The summed E-state index contributed by atoms with van der Waals surface area (Å²) < 4.78 is 0. The van der Waals surface area contributed by atoms with Gasteiger partial charge in [0.05, 0.1) is 0 Å². The van der Waals surface area contributed by atoms with E-state index >= 15 is 0 Å². The molecule has 3 atom stereocenters. The predicted octanol–water partition coefficient (Wildman–Crippen LogP) is 1.19. The van der Waals surface area contributed by atoms with E-state index in [9.17, 15) is 9.59 Å². The Morgan fingerprint density at radius 3 is 2.56 bits per heavy atom. The van der Waals surface area contributed by atoms with Crippen LogP contribution in [0.1, 0.15) is 33.1 Å². The van der Waals surface area contributed by atoms with Crippen LogP contribution in [-0.4, -0.2) is 29.7 Å². The molecule has 1 rings (SSSR count). The van der Waals surface area contributed by atoms with E-state index in [4.69, 9.17) is 5.11 Å². The van der Waals surface area contributed by atoms with Crippen molar-refractivity contribution >= 4 is 12.0 Å². The van der Waals surface area contributed by atoms with Crippen LogP contribution in [0.2, 0.25) is 0 Å².